The second kappa shape index (κ2) is 8.41. The standard InChI is InChI=1S/C18H15ClN2O6S/c1-9-3-17(24)27-13-6-14(12(19)5-11(9)13)26-7-15(22)21-18-20-10(8-28-18)4-16(23)25-2/h3,5-6,8H,4,7H2,1-2H3,(H,20,21,22). The number of anilines is 1. The molecule has 3 aromatic rings. The maximum Gasteiger partial charge on any atom is 0.336 e. The van der Waals surface area contributed by atoms with Gasteiger partial charge in [0.25, 0.3) is 5.91 Å². The van der Waals surface area contributed by atoms with Crippen molar-refractivity contribution in [2.24, 2.45) is 0 Å². The summed E-state index contributed by atoms with van der Waals surface area (Å²) in [5.41, 5.74) is 1.06. The van der Waals surface area contributed by atoms with E-state index in [2.05, 4.69) is 15.0 Å². The summed E-state index contributed by atoms with van der Waals surface area (Å²) in [5, 5.41) is 5.52. The minimum Gasteiger partial charge on any atom is -0.482 e. The van der Waals surface area contributed by atoms with Gasteiger partial charge in [0.05, 0.1) is 24.2 Å². The summed E-state index contributed by atoms with van der Waals surface area (Å²) >= 11 is 7.37. The number of hydrogen-bond acceptors (Lipinski definition) is 8. The minimum absolute atomic E-state index is 0.0245. The number of carbonyl (C=O) groups is 2. The molecule has 0 fully saturated rings. The van der Waals surface area contributed by atoms with Gasteiger partial charge in [0, 0.05) is 22.9 Å². The molecule has 28 heavy (non-hydrogen) atoms. The highest BCUT2D eigenvalue weighted by Crippen LogP contribution is 2.31. The number of rotatable bonds is 6. The lowest BCUT2D eigenvalue weighted by atomic mass is 10.1. The highest BCUT2D eigenvalue weighted by atomic mass is 35.5. The molecule has 1 N–H and O–H groups in total. The summed E-state index contributed by atoms with van der Waals surface area (Å²) in [6.07, 6.45) is 0.0245. The third kappa shape index (κ3) is 4.68. The molecular weight excluding hydrogens is 408 g/mol. The monoisotopic (exact) mass is 422 g/mol. The van der Waals surface area contributed by atoms with Crippen LogP contribution in [0.25, 0.3) is 11.0 Å². The van der Waals surface area contributed by atoms with E-state index in [-0.39, 0.29) is 23.8 Å². The second-order valence-corrected chi connectivity index (χ2v) is 7.03. The number of fused-ring (bicyclic) bond motifs is 1. The Hall–Kier alpha value is -2.91. The molecule has 0 bridgehead atoms. The summed E-state index contributed by atoms with van der Waals surface area (Å²) in [6.45, 7) is 1.44. The first-order valence-corrected chi connectivity index (χ1v) is 9.29. The number of thiazole rings is 1. The van der Waals surface area contributed by atoms with Crippen LogP contribution in [0.1, 0.15) is 11.3 Å². The maximum absolute atomic E-state index is 12.1. The van der Waals surface area contributed by atoms with E-state index < -0.39 is 17.5 Å². The van der Waals surface area contributed by atoms with E-state index >= 15 is 0 Å². The van der Waals surface area contributed by atoms with Crippen LogP contribution in [-0.4, -0.2) is 30.6 Å². The number of ether oxygens (including phenoxy) is 2. The Morgan fingerprint density at radius 2 is 2.11 bits per heavy atom. The van der Waals surface area contributed by atoms with Gasteiger partial charge in [-0.15, -0.1) is 11.3 Å². The first-order chi connectivity index (χ1) is 13.4. The molecule has 10 heteroatoms. The van der Waals surface area contributed by atoms with Gasteiger partial charge in [-0.2, -0.15) is 0 Å². The molecule has 0 aliphatic rings. The van der Waals surface area contributed by atoms with Crippen LogP contribution in [0, 0.1) is 6.92 Å². The number of nitrogens with one attached hydrogen (secondary N) is 1. The number of hydrogen-bond donors (Lipinski definition) is 1. The zero-order valence-electron chi connectivity index (χ0n) is 14.9. The highest BCUT2D eigenvalue weighted by molar-refractivity contribution is 7.13. The molecule has 0 atom stereocenters. The molecule has 0 saturated carbocycles. The van der Waals surface area contributed by atoms with Gasteiger partial charge in [0.2, 0.25) is 0 Å². The molecule has 2 aromatic heterocycles. The van der Waals surface area contributed by atoms with Crippen molar-refractivity contribution in [3.63, 3.8) is 0 Å². The Labute approximate surface area is 168 Å². The summed E-state index contributed by atoms with van der Waals surface area (Å²) in [6, 6.07) is 4.45. The van der Waals surface area contributed by atoms with E-state index in [4.69, 9.17) is 20.8 Å². The Bertz CT molecular complexity index is 1110. The lowest BCUT2D eigenvalue weighted by Crippen LogP contribution is -2.20. The third-order valence-electron chi connectivity index (χ3n) is 3.71. The summed E-state index contributed by atoms with van der Waals surface area (Å²) in [4.78, 5) is 39.0. The number of methoxy groups -OCH3 is 1. The molecule has 0 spiro atoms. The second-order valence-electron chi connectivity index (χ2n) is 5.76. The van der Waals surface area contributed by atoms with Crippen molar-refractivity contribution in [1.82, 2.24) is 4.98 Å². The van der Waals surface area contributed by atoms with E-state index in [1.807, 2.05) is 0 Å². The van der Waals surface area contributed by atoms with E-state index in [9.17, 15) is 14.4 Å². The van der Waals surface area contributed by atoms with Crippen LogP contribution < -0.4 is 15.7 Å². The third-order valence-corrected chi connectivity index (χ3v) is 4.82. The number of amides is 1. The number of nitrogens with zero attached hydrogens (tertiary/aromatic N) is 1. The van der Waals surface area contributed by atoms with Crippen LogP contribution in [0.4, 0.5) is 5.13 Å². The molecule has 0 unspecified atom stereocenters. The number of carbonyl (C=O) groups excluding carboxylic acids is 2. The Kier molecular flexibility index (Phi) is 5.96. The van der Waals surface area contributed by atoms with Gasteiger partial charge < -0.3 is 13.9 Å². The van der Waals surface area contributed by atoms with Crippen LogP contribution in [-0.2, 0) is 20.7 Å². The molecule has 1 amide bonds. The van der Waals surface area contributed by atoms with E-state index in [1.165, 1.54) is 30.6 Å². The number of halogens is 1. The SMILES string of the molecule is COC(=O)Cc1csc(NC(=O)COc2cc3oc(=O)cc(C)c3cc2Cl)n1. The average molecular weight is 423 g/mol. The first-order valence-electron chi connectivity index (χ1n) is 8.03. The van der Waals surface area contributed by atoms with Crippen molar-refractivity contribution in [3.05, 3.63) is 50.3 Å². The van der Waals surface area contributed by atoms with Gasteiger partial charge in [-0.25, -0.2) is 9.78 Å². The maximum atomic E-state index is 12.1. The molecule has 0 aliphatic carbocycles. The van der Waals surface area contributed by atoms with Gasteiger partial charge in [-0.05, 0) is 18.6 Å². The highest BCUT2D eigenvalue weighted by Gasteiger charge is 2.13. The Balaban J connectivity index is 1.65. The van der Waals surface area contributed by atoms with E-state index in [0.717, 1.165) is 5.56 Å². The summed E-state index contributed by atoms with van der Waals surface area (Å²) < 4.78 is 15.2. The van der Waals surface area contributed by atoms with Crippen molar-refractivity contribution >= 4 is 50.9 Å². The van der Waals surface area contributed by atoms with E-state index in [1.54, 1.807) is 18.4 Å². The van der Waals surface area contributed by atoms with Crippen molar-refractivity contribution < 1.29 is 23.5 Å². The smallest absolute Gasteiger partial charge is 0.336 e. The Morgan fingerprint density at radius 3 is 2.86 bits per heavy atom. The molecule has 8 nitrogen and oxygen atoms in total. The van der Waals surface area contributed by atoms with Gasteiger partial charge >= 0.3 is 11.6 Å². The fraction of sp³-hybridized carbons (Fsp3) is 0.222. The predicted molar refractivity (Wildman–Crippen MR) is 104 cm³/mol. The molecule has 146 valence electrons. The van der Waals surface area contributed by atoms with Crippen molar-refractivity contribution in [2.75, 3.05) is 19.0 Å². The average Bonchev–Trinajstić information content (AvgIpc) is 3.07. The van der Waals surface area contributed by atoms with Gasteiger partial charge in [0.1, 0.15) is 11.3 Å². The largest absolute Gasteiger partial charge is 0.482 e. The fourth-order valence-electron chi connectivity index (χ4n) is 2.39. The van der Waals surface area contributed by atoms with Crippen LogP contribution in [0.3, 0.4) is 0 Å². The number of aryl methyl sites for hydroxylation is 1. The van der Waals surface area contributed by atoms with Crippen LogP contribution in [0.2, 0.25) is 5.02 Å². The van der Waals surface area contributed by atoms with Crippen LogP contribution in [0.5, 0.6) is 5.75 Å². The number of aromatic nitrogens is 1. The molecule has 1 aromatic carbocycles. The minimum atomic E-state index is -0.484. The molecule has 0 saturated heterocycles. The zero-order valence-corrected chi connectivity index (χ0v) is 16.5. The van der Waals surface area contributed by atoms with Gasteiger partial charge in [0.15, 0.2) is 11.7 Å². The molecular formula is C18H15ClN2O6S. The number of esters is 1. The quantitative estimate of drug-likeness (QED) is 0.480. The van der Waals surface area contributed by atoms with Crippen LogP contribution >= 0.6 is 22.9 Å². The topological polar surface area (TPSA) is 108 Å². The first kappa shape index (κ1) is 19.8. The summed E-state index contributed by atoms with van der Waals surface area (Å²) in [5.74, 6) is -0.663. The van der Waals surface area contributed by atoms with Crippen molar-refractivity contribution in [2.45, 2.75) is 13.3 Å². The van der Waals surface area contributed by atoms with E-state index in [0.29, 0.717) is 21.8 Å². The molecule has 0 radical (unpaired) electrons. The lowest BCUT2D eigenvalue weighted by Gasteiger charge is -2.09. The van der Waals surface area contributed by atoms with Gasteiger partial charge in [-0.3, -0.25) is 14.9 Å². The normalized spacial score (nSPS) is 10.7. The fourth-order valence-corrected chi connectivity index (χ4v) is 3.34. The molecule has 3 rings (SSSR count). The molecule has 2 heterocycles. The van der Waals surface area contributed by atoms with Crippen molar-refractivity contribution in [1.29, 1.82) is 0 Å². The lowest BCUT2D eigenvalue weighted by molar-refractivity contribution is -0.139. The Morgan fingerprint density at radius 1 is 1.32 bits per heavy atom. The zero-order chi connectivity index (χ0) is 20.3. The predicted octanol–water partition coefficient (Wildman–Crippen LogP) is 2.94. The van der Waals surface area contributed by atoms with Crippen LogP contribution in [0.15, 0.2) is 32.8 Å². The number of benzene rings is 1. The van der Waals surface area contributed by atoms with Gasteiger partial charge in [-0.1, -0.05) is 11.6 Å². The summed E-state index contributed by atoms with van der Waals surface area (Å²) in [7, 11) is 1.29. The molecule has 0 aliphatic heterocycles. The van der Waals surface area contributed by atoms with Crippen molar-refractivity contribution in [3.8, 4) is 5.75 Å².